The predicted molar refractivity (Wildman–Crippen MR) is 190 cm³/mol. The highest BCUT2D eigenvalue weighted by molar-refractivity contribution is 8.00. The van der Waals surface area contributed by atoms with Crippen molar-refractivity contribution in [3.8, 4) is 11.3 Å². The molecule has 3 amide bonds. The van der Waals surface area contributed by atoms with Gasteiger partial charge in [0, 0.05) is 32.1 Å². The lowest BCUT2D eigenvalue weighted by molar-refractivity contribution is -0.115. The van der Waals surface area contributed by atoms with Gasteiger partial charge < -0.3 is 16.0 Å². The van der Waals surface area contributed by atoms with Crippen molar-refractivity contribution in [2.24, 2.45) is 0 Å². The van der Waals surface area contributed by atoms with Crippen molar-refractivity contribution in [1.29, 1.82) is 0 Å². The van der Waals surface area contributed by atoms with E-state index in [1.807, 2.05) is 11.4 Å². The highest BCUT2D eigenvalue weighted by Crippen LogP contribution is 2.31. The van der Waals surface area contributed by atoms with Crippen molar-refractivity contribution in [3.63, 3.8) is 0 Å². The van der Waals surface area contributed by atoms with E-state index in [9.17, 15) is 14.4 Å². The monoisotopic (exact) mass is 706 g/mol. The summed E-state index contributed by atoms with van der Waals surface area (Å²) in [5.41, 5.74) is 2.98. The van der Waals surface area contributed by atoms with E-state index >= 15 is 0 Å². The molecule has 5 rings (SSSR count). The van der Waals surface area contributed by atoms with Crippen LogP contribution in [0.1, 0.15) is 22.8 Å². The zero-order valence-corrected chi connectivity index (χ0v) is 28.0. The summed E-state index contributed by atoms with van der Waals surface area (Å²) in [4.78, 5) is 44.4. The van der Waals surface area contributed by atoms with Gasteiger partial charge in [0.25, 0.3) is 11.8 Å². The number of anilines is 2. The summed E-state index contributed by atoms with van der Waals surface area (Å²) in [6.07, 6.45) is 1.53. The first kappa shape index (κ1) is 33.2. The van der Waals surface area contributed by atoms with Crippen molar-refractivity contribution in [2.45, 2.75) is 17.1 Å². The molecule has 0 aliphatic heterocycles. The van der Waals surface area contributed by atoms with Crippen LogP contribution in [0, 0.1) is 0 Å². The second-order valence-corrected chi connectivity index (χ2v) is 13.3. The lowest BCUT2D eigenvalue weighted by Crippen LogP contribution is -2.30. The number of hydrogen-bond acceptors (Lipinski definition) is 6. The Morgan fingerprint density at radius 3 is 2.26 bits per heavy atom. The molecule has 1 atom stereocenters. The summed E-state index contributed by atoms with van der Waals surface area (Å²) in [7, 11) is 0. The first-order chi connectivity index (χ1) is 22.2. The molecule has 0 aliphatic carbocycles. The first-order valence-electron chi connectivity index (χ1n) is 13.8. The van der Waals surface area contributed by atoms with Crippen LogP contribution in [-0.2, 0) is 9.59 Å². The molecule has 12 heteroatoms. The number of carbonyl (C=O) groups excluding carboxylic acids is 3. The fourth-order valence-electron chi connectivity index (χ4n) is 4.09. The fourth-order valence-corrected chi connectivity index (χ4v) is 6.17. The normalized spacial score (nSPS) is 11.9. The van der Waals surface area contributed by atoms with Crippen molar-refractivity contribution >= 4 is 92.5 Å². The number of amides is 3. The van der Waals surface area contributed by atoms with E-state index in [2.05, 4.69) is 20.9 Å². The number of hydrogen-bond donors (Lipinski definition) is 3. The second-order valence-electron chi connectivity index (χ2n) is 9.79. The van der Waals surface area contributed by atoms with E-state index in [-0.39, 0.29) is 11.6 Å². The fraction of sp³-hybridized carbons (Fsp3) is 0.0588. The highest BCUT2D eigenvalue weighted by Gasteiger charge is 2.18. The van der Waals surface area contributed by atoms with E-state index in [0.717, 1.165) is 10.5 Å². The van der Waals surface area contributed by atoms with Gasteiger partial charge in [0.2, 0.25) is 5.91 Å². The third kappa shape index (κ3) is 8.78. The molecule has 1 heterocycles. The Hall–Kier alpha value is -4.12. The number of aromatic nitrogens is 1. The smallest absolute Gasteiger partial charge is 0.272 e. The van der Waals surface area contributed by atoms with Crippen LogP contribution in [-0.4, -0.2) is 28.0 Å². The average Bonchev–Trinajstić information content (AvgIpc) is 3.52. The Balaban J connectivity index is 1.21. The maximum atomic E-state index is 13.3. The average molecular weight is 708 g/mol. The molecule has 5 aromatic rings. The van der Waals surface area contributed by atoms with Crippen LogP contribution in [0.25, 0.3) is 17.3 Å². The molecule has 232 valence electrons. The maximum absolute atomic E-state index is 13.3. The molecule has 0 spiro atoms. The summed E-state index contributed by atoms with van der Waals surface area (Å²) in [6.45, 7) is 1.80. The number of thioether (sulfide) groups is 1. The van der Waals surface area contributed by atoms with Gasteiger partial charge in [0.05, 0.1) is 21.0 Å². The molecule has 46 heavy (non-hydrogen) atoms. The minimum atomic E-state index is -0.527. The van der Waals surface area contributed by atoms with E-state index in [1.54, 1.807) is 97.9 Å². The third-order valence-electron chi connectivity index (χ3n) is 6.48. The van der Waals surface area contributed by atoms with Gasteiger partial charge in [0.1, 0.15) is 5.70 Å². The number of carbonyl (C=O) groups is 3. The third-order valence-corrected chi connectivity index (χ3v) is 9.43. The van der Waals surface area contributed by atoms with Crippen molar-refractivity contribution < 1.29 is 14.4 Å². The molecule has 3 N–H and O–H groups in total. The molecule has 0 bridgehead atoms. The predicted octanol–water partition coefficient (Wildman–Crippen LogP) is 9.30. The summed E-state index contributed by atoms with van der Waals surface area (Å²) in [5, 5.41) is 11.6. The zero-order chi connectivity index (χ0) is 32.6. The Morgan fingerprint density at radius 1 is 0.826 bits per heavy atom. The minimum Gasteiger partial charge on any atom is -0.321 e. The number of nitrogens with one attached hydrogen (secondary N) is 3. The van der Waals surface area contributed by atoms with E-state index in [4.69, 9.17) is 34.8 Å². The van der Waals surface area contributed by atoms with Crippen molar-refractivity contribution in [1.82, 2.24) is 10.3 Å². The van der Waals surface area contributed by atoms with Crippen LogP contribution < -0.4 is 16.0 Å². The maximum Gasteiger partial charge on any atom is 0.272 e. The molecule has 0 aliphatic rings. The van der Waals surface area contributed by atoms with E-state index in [1.165, 1.54) is 29.2 Å². The molecule has 7 nitrogen and oxygen atoms in total. The molecule has 0 saturated carbocycles. The highest BCUT2D eigenvalue weighted by atomic mass is 35.5. The molecule has 4 aromatic carbocycles. The van der Waals surface area contributed by atoms with Crippen LogP contribution in [0.2, 0.25) is 15.1 Å². The molecular weight excluding hydrogens is 683 g/mol. The van der Waals surface area contributed by atoms with Crippen molar-refractivity contribution in [3.05, 3.63) is 134 Å². The minimum absolute atomic E-state index is 0.0233. The largest absolute Gasteiger partial charge is 0.321 e. The summed E-state index contributed by atoms with van der Waals surface area (Å²) in [6, 6.07) is 27.9. The number of thiazole rings is 1. The van der Waals surface area contributed by atoms with Crippen LogP contribution in [0.15, 0.2) is 113 Å². The van der Waals surface area contributed by atoms with Gasteiger partial charge in [-0.1, -0.05) is 77.3 Å². The zero-order valence-electron chi connectivity index (χ0n) is 24.1. The lowest BCUT2D eigenvalue weighted by atomic mass is 10.1. The number of rotatable bonds is 10. The van der Waals surface area contributed by atoms with Crippen LogP contribution in [0.4, 0.5) is 10.8 Å². The first-order valence-corrected chi connectivity index (χ1v) is 16.7. The van der Waals surface area contributed by atoms with Gasteiger partial charge in [-0.3, -0.25) is 14.4 Å². The van der Waals surface area contributed by atoms with E-state index < -0.39 is 17.1 Å². The van der Waals surface area contributed by atoms with Crippen LogP contribution in [0.5, 0.6) is 0 Å². The Bertz CT molecular complexity index is 1910. The molecule has 0 saturated heterocycles. The molecular formula is C34H25Cl3N4O3S2. The van der Waals surface area contributed by atoms with Crippen LogP contribution in [0.3, 0.4) is 0 Å². The Kier molecular flexibility index (Phi) is 11.2. The quantitative estimate of drug-likeness (QED) is 0.0993. The number of nitrogens with zero attached hydrogens (tertiary/aromatic N) is 1. The second kappa shape index (κ2) is 15.4. The van der Waals surface area contributed by atoms with Crippen LogP contribution >= 0.6 is 57.9 Å². The van der Waals surface area contributed by atoms with Gasteiger partial charge in [-0.25, -0.2) is 4.98 Å². The summed E-state index contributed by atoms with van der Waals surface area (Å²) < 4.78 is 0. The summed E-state index contributed by atoms with van der Waals surface area (Å²) >= 11 is 21.1. The molecule has 1 unspecified atom stereocenters. The lowest BCUT2D eigenvalue weighted by Gasteiger charge is -2.13. The number of benzene rings is 4. The standard InChI is InChI=1S/C34H25Cl3N4O3S2/c1-20(31(42)41-34-40-30(19-45-34)23-11-16-27(36)28(37)17-23)46-25-14-12-24(13-15-25)38-33(44)29(18-22-9-5-6-10-26(22)35)39-32(43)21-7-3-2-4-8-21/h2-20H,1H3,(H,38,44)(H,39,43)(H,40,41,42)/b29-18-. The van der Waals surface area contributed by atoms with Gasteiger partial charge in [-0.15, -0.1) is 23.1 Å². The van der Waals surface area contributed by atoms with Gasteiger partial charge >= 0.3 is 0 Å². The van der Waals surface area contributed by atoms with Gasteiger partial charge in [0.15, 0.2) is 5.13 Å². The SMILES string of the molecule is CC(Sc1ccc(NC(=O)/C(=C/c2ccccc2Cl)NC(=O)c2ccccc2)cc1)C(=O)Nc1nc(-c2ccc(Cl)c(Cl)c2)cs1. The van der Waals surface area contributed by atoms with Gasteiger partial charge in [-0.05, 0) is 73.2 Å². The Morgan fingerprint density at radius 2 is 1.54 bits per heavy atom. The summed E-state index contributed by atoms with van der Waals surface area (Å²) in [5.74, 6) is -1.17. The van der Waals surface area contributed by atoms with Crippen molar-refractivity contribution in [2.75, 3.05) is 10.6 Å². The topological polar surface area (TPSA) is 100 Å². The van der Waals surface area contributed by atoms with Gasteiger partial charge in [-0.2, -0.15) is 0 Å². The molecule has 0 radical (unpaired) electrons. The molecule has 1 aromatic heterocycles. The molecule has 0 fully saturated rings. The Labute approximate surface area is 289 Å². The number of halogens is 3. The van der Waals surface area contributed by atoms with E-state index in [0.29, 0.717) is 42.7 Å².